The number of anilines is 4. The molecule has 1 spiro atoms. The third kappa shape index (κ3) is 5.61. The maximum absolute atomic E-state index is 14.3. The average Bonchev–Trinajstić information content (AvgIpc) is 3.19. The molecule has 1 unspecified atom stereocenters. The molecule has 42 heavy (non-hydrogen) atoms. The van der Waals surface area contributed by atoms with Crippen LogP contribution in [-0.2, 0) is 10.2 Å². The van der Waals surface area contributed by atoms with Gasteiger partial charge in [-0.3, -0.25) is 4.79 Å². The van der Waals surface area contributed by atoms with Crippen molar-refractivity contribution in [2.45, 2.75) is 51.4 Å². The van der Waals surface area contributed by atoms with Crippen LogP contribution in [0.1, 0.15) is 39.2 Å². The van der Waals surface area contributed by atoms with Crippen LogP contribution in [0.3, 0.4) is 0 Å². The Morgan fingerprint density at radius 1 is 0.952 bits per heavy atom. The first-order valence-corrected chi connectivity index (χ1v) is 13.7. The van der Waals surface area contributed by atoms with Gasteiger partial charge in [0.25, 0.3) is 0 Å². The summed E-state index contributed by atoms with van der Waals surface area (Å²) in [6.07, 6.45) is -3.44. The van der Waals surface area contributed by atoms with E-state index in [9.17, 15) is 27.9 Å². The molecule has 5 rings (SSSR count). The van der Waals surface area contributed by atoms with Crippen molar-refractivity contribution in [3.8, 4) is 11.5 Å². The molecule has 1 saturated heterocycles. The lowest BCUT2D eigenvalue weighted by atomic mass is 9.65. The zero-order valence-corrected chi connectivity index (χ0v) is 23.5. The lowest BCUT2D eigenvalue weighted by molar-refractivity contribution is -0.274. The van der Waals surface area contributed by atoms with Gasteiger partial charge in [-0.15, -0.1) is 13.2 Å². The van der Waals surface area contributed by atoms with Gasteiger partial charge < -0.3 is 30.7 Å². The number of amides is 2. The van der Waals surface area contributed by atoms with E-state index < -0.39 is 35.0 Å². The van der Waals surface area contributed by atoms with Crippen LogP contribution in [0.15, 0.2) is 66.7 Å². The Balaban J connectivity index is 1.51. The zero-order chi connectivity index (χ0) is 30.3. The first-order valence-electron chi connectivity index (χ1n) is 13.7. The normalized spacial score (nSPS) is 18.0. The summed E-state index contributed by atoms with van der Waals surface area (Å²) in [5.41, 5.74) is 1.35. The Morgan fingerprint density at radius 3 is 2.26 bits per heavy atom. The summed E-state index contributed by atoms with van der Waals surface area (Å²) in [4.78, 5) is 29.2. The van der Waals surface area contributed by atoms with E-state index in [2.05, 4.69) is 20.7 Å². The third-order valence-electron chi connectivity index (χ3n) is 7.81. The molecular weight excluding hydrogens is 549 g/mol. The molecular formula is C31H33F3N4O4. The molecule has 8 nitrogen and oxygen atoms in total. The van der Waals surface area contributed by atoms with E-state index in [1.54, 1.807) is 36.4 Å². The number of piperidine rings is 1. The van der Waals surface area contributed by atoms with Crippen molar-refractivity contribution in [2.24, 2.45) is 5.41 Å². The van der Waals surface area contributed by atoms with Crippen LogP contribution in [0.25, 0.3) is 0 Å². The van der Waals surface area contributed by atoms with Gasteiger partial charge >= 0.3 is 12.4 Å². The highest BCUT2D eigenvalue weighted by Crippen LogP contribution is 2.58. The van der Waals surface area contributed by atoms with E-state index in [0.717, 1.165) is 17.7 Å². The number of benzene rings is 3. The first-order chi connectivity index (χ1) is 19.8. The fraction of sp³-hybridized carbons (Fsp3) is 0.355. The molecule has 2 aliphatic heterocycles. The Morgan fingerprint density at radius 2 is 1.62 bits per heavy atom. The maximum atomic E-state index is 14.3. The molecule has 3 aromatic rings. The van der Waals surface area contributed by atoms with Crippen LogP contribution in [0, 0.1) is 5.41 Å². The second-order valence-corrected chi connectivity index (χ2v) is 11.6. The van der Waals surface area contributed by atoms with E-state index in [1.165, 1.54) is 12.1 Å². The van der Waals surface area contributed by atoms with Gasteiger partial charge in [0.05, 0.1) is 17.1 Å². The van der Waals surface area contributed by atoms with Gasteiger partial charge in [-0.2, -0.15) is 0 Å². The Kier molecular flexibility index (Phi) is 7.57. The molecule has 2 heterocycles. The minimum atomic E-state index is -4.82. The van der Waals surface area contributed by atoms with Gasteiger partial charge in [-0.1, -0.05) is 45.0 Å². The van der Waals surface area contributed by atoms with Crippen molar-refractivity contribution in [1.82, 2.24) is 5.32 Å². The average molecular weight is 583 g/mol. The number of ketones is 1. The summed E-state index contributed by atoms with van der Waals surface area (Å²) in [7, 11) is 0. The van der Waals surface area contributed by atoms with Gasteiger partial charge in [0, 0.05) is 16.5 Å². The molecule has 11 heteroatoms. The van der Waals surface area contributed by atoms with E-state index in [0.29, 0.717) is 43.0 Å². The molecule has 0 bridgehead atoms. The molecule has 2 aliphatic rings. The van der Waals surface area contributed by atoms with Crippen molar-refractivity contribution in [1.29, 1.82) is 0 Å². The molecule has 0 aliphatic carbocycles. The number of urea groups is 1. The third-order valence-corrected chi connectivity index (χ3v) is 7.81. The second kappa shape index (κ2) is 10.9. The van der Waals surface area contributed by atoms with Gasteiger partial charge in [0.1, 0.15) is 17.5 Å². The number of phenols is 1. The quantitative estimate of drug-likeness (QED) is 0.267. The Labute approximate surface area is 241 Å². The summed E-state index contributed by atoms with van der Waals surface area (Å²) >= 11 is 0. The Bertz CT molecular complexity index is 1480. The number of carbonyl (C=O) groups is 2. The molecule has 1 fully saturated rings. The topological polar surface area (TPSA) is 103 Å². The van der Waals surface area contributed by atoms with Gasteiger partial charge in [-0.25, -0.2) is 4.79 Å². The molecule has 0 aromatic heterocycles. The van der Waals surface area contributed by atoms with E-state index >= 15 is 0 Å². The SMILES string of the molecule is CC(C)(C)C(=O)C1N(c2ccccc2NC(=O)Nc2ccc(OC(F)(F)F)cc2)c2c(O)cccc2C12CCNCC2. The highest BCUT2D eigenvalue weighted by molar-refractivity contribution is 6.05. The van der Waals surface area contributed by atoms with Crippen LogP contribution < -0.4 is 25.6 Å². The number of halogens is 3. The van der Waals surface area contributed by atoms with Crippen LogP contribution in [-0.4, -0.2) is 42.4 Å². The molecule has 0 saturated carbocycles. The van der Waals surface area contributed by atoms with Crippen molar-refractivity contribution < 1.29 is 32.6 Å². The number of phenolic OH excluding ortho intramolecular Hbond substituents is 1. The molecule has 0 radical (unpaired) electrons. The smallest absolute Gasteiger partial charge is 0.506 e. The highest BCUT2D eigenvalue weighted by atomic mass is 19.4. The number of carbonyl (C=O) groups excluding carboxylic acids is 2. The van der Waals surface area contributed by atoms with Gasteiger partial charge in [-0.05, 0) is 74.0 Å². The minimum absolute atomic E-state index is 0.0143. The summed E-state index contributed by atoms with van der Waals surface area (Å²) in [6, 6.07) is 15.9. The number of rotatable bonds is 5. The van der Waals surface area contributed by atoms with Crippen LogP contribution in [0.2, 0.25) is 0 Å². The summed E-state index contributed by atoms with van der Waals surface area (Å²) < 4.78 is 41.4. The number of aromatic hydroxyl groups is 1. The number of ether oxygens (including phenoxy) is 1. The van der Waals surface area contributed by atoms with Crippen LogP contribution >= 0.6 is 0 Å². The van der Waals surface area contributed by atoms with E-state index in [1.807, 2.05) is 31.7 Å². The zero-order valence-electron chi connectivity index (χ0n) is 23.5. The standard InChI is InChI=1S/C31H33F3N4O4/c1-29(2,3)27(40)26-30(15-17-35-18-16-30)21-7-6-10-24(39)25(21)38(26)23-9-5-4-8-22(23)37-28(41)36-19-11-13-20(14-12-19)42-31(32,33)34/h4-14,26,35,39H,15-18H2,1-3H3,(H2,36,37,41). The predicted octanol–water partition coefficient (Wildman–Crippen LogP) is 6.69. The largest absolute Gasteiger partial charge is 0.573 e. The van der Waals surface area contributed by atoms with Crippen molar-refractivity contribution >= 4 is 34.6 Å². The summed E-state index contributed by atoms with van der Waals surface area (Å²) in [6.45, 7) is 7.08. The molecule has 3 aromatic carbocycles. The van der Waals surface area contributed by atoms with Crippen molar-refractivity contribution in [3.05, 3.63) is 72.3 Å². The fourth-order valence-corrected chi connectivity index (χ4v) is 5.98. The van der Waals surface area contributed by atoms with E-state index in [-0.39, 0.29) is 17.2 Å². The van der Waals surface area contributed by atoms with Crippen molar-refractivity contribution in [2.75, 3.05) is 28.6 Å². The maximum Gasteiger partial charge on any atom is 0.573 e. The number of hydrogen-bond acceptors (Lipinski definition) is 6. The Hall–Kier alpha value is -4.25. The lowest BCUT2D eigenvalue weighted by Crippen LogP contribution is -2.55. The molecule has 1 atom stereocenters. The predicted molar refractivity (Wildman–Crippen MR) is 154 cm³/mol. The van der Waals surface area contributed by atoms with Crippen LogP contribution in [0.4, 0.5) is 40.7 Å². The monoisotopic (exact) mass is 582 g/mol. The number of fused-ring (bicyclic) bond motifs is 2. The molecule has 2 amide bonds. The first kappa shape index (κ1) is 29.2. The number of nitrogens with zero attached hydrogens (tertiary/aromatic N) is 1. The number of hydrogen-bond donors (Lipinski definition) is 4. The number of Topliss-reactive ketones (excluding diaryl/α,β-unsaturated/α-hetero) is 1. The van der Waals surface area contributed by atoms with Crippen molar-refractivity contribution in [3.63, 3.8) is 0 Å². The summed E-state index contributed by atoms with van der Waals surface area (Å²) in [5, 5.41) is 20.0. The minimum Gasteiger partial charge on any atom is -0.506 e. The number of para-hydroxylation sites is 3. The van der Waals surface area contributed by atoms with Crippen LogP contribution in [0.5, 0.6) is 11.5 Å². The van der Waals surface area contributed by atoms with Gasteiger partial charge in [0.15, 0.2) is 5.78 Å². The highest BCUT2D eigenvalue weighted by Gasteiger charge is 2.57. The van der Waals surface area contributed by atoms with E-state index in [4.69, 9.17) is 0 Å². The van der Waals surface area contributed by atoms with Gasteiger partial charge in [0.2, 0.25) is 0 Å². The fourth-order valence-electron chi connectivity index (χ4n) is 5.98. The number of nitrogens with one attached hydrogen (secondary N) is 3. The molecule has 222 valence electrons. The second-order valence-electron chi connectivity index (χ2n) is 11.6. The summed E-state index contributed by atoms with van der Waals surface area (Å²) in [5.74, 6) is -0.358. The number of alkyl halides is 3. The lowest BCUT2D eigenvalue weighted by Gasteiger charge is -2.43. The molecule has 4 N–H and O–H groups in total.